The molecular weight excluding hydrogens is 210 g/mol. The largest absolute Gasteiger partial charge is 0.496 e. The average molecular weight is 235 g/mol. The number of nitrogens with one attached hydrogen (secondary N) is 1. The molecule has 96 valence electrons. The van der Waals surface area contributed by atoms with Crippen molar-refractivity contribution < 1.29 is 4.74 Å². The Kier molecular flexibility index (Phi) is 5.49. The summed E-state index contributed by atoms with van der Waals surface area (Å²) >= 11 is 0. The molecule has 0 aliphatic heterocycles. The van der Waals surface area contributed by atoms with Gasteiger partial charge in [-0.3, -0.25) is 0 Å². The quantitative estimate of drug-likeness (QED) is 0.764. The highest BCUT2D eigenvalue weighted by Gasteiger charge is 2.07. The molecular formula is C15H25NO. The van der Waals surface area contributed by atoms with Gasteiger partial charge in [0, 0.05) is 6.04 Å². The fourth-order valence-corrected chi connectivity index (χ4v) is 2.12. The molecule has 0 heterocycles. The minimum Gasteiger partial charge on any atom is -0.496 e. The average Bonchev–Trinajstić information content (AvgIpc) is 2.25. The van der Waals surface area contributed by atoms with Crippen molar-refractivity contribution in [3.63, 3.8) is 0 Å². The highest BCUT2D eigenvalue weighted by molar-refractivity contribution is 5.43. The summed E-state index contributed by atoms with van der Waals surface area (Å²) in [5, 5.41) is 3.44. The van der Waals surface area contributed by atoms with Crippen LogP contribution in [0.3, 0.4) is 0 Å². The number of hydrogen-bond donors (Lipinski definition) is 1. The Balaban J connectivity index is 2.63. The predicted octanol–water partition coefficient (Wildman–Crippen LogP) is 3.24. The molecule has 1 N–H and O–H groups in total. The van der Waals surface area contributed by atoms with Gasteiger partial charge in [-0.15, -0.1) is 0 Å². The highest BCUT2D eigenvalue weighted by atomic mass is 16.5. The molecule has 0 atom stereocenters. The Bertz CT molecular complexity index is 358. The van der Waals surface area contributed by atoms with Crippen molar-refractivity contribution in [1.29, 1.82) is 0 Å². The van der Waals surface area contributed by atoms with E-state index in [4.69, 9.17) is 4.74 Å². The van der Waals surface area contributed by atoms with Gasteiger partial charge in [0.2, 0.25) is 0 Å². The second-order valence-corrected chi connectivity index (χ2v) is 4.98. The maximum absolute atomic E-state index is 5.46. The van der Waals surface area contributed by atoms with Crippen molar-refractivity contribution in [3.8, 4) is 5.75 Å². The van der Waals surface area contributed by atoms with E-state index >= 15 is 0 Å². The van der Waals surface area contributed by atoms with Crippen LogP contribution in [-0.2, 0) is 6.42 Å². The zero-order valence-corrected chi connectivity index (χ0v) is 11.8. The van der Waals surface area contributed by atoms with Gasteiger partial charge >= 0.3 is 0 Å². The predicted molar refractivity (Wildman–Crippen MR) is 73.9 cm³/mol. The van der Waals surface area contributed by atoms with E-state index in [-0.39, 0.29) is 0 Å². The van der Waals surface area contributed by atoms with Gasteiger partial charge in [0.25, 0.3) is 0 Å². The molecule has 0 saturated heterocycles. The molecule has 0 aliphatic carbocycles. The normalized spacial score (nSPS) is 10.9. The van der Waals surface area contributed by atoms with E-state index in [0.717, 1.165) is 25.1 Å². The summed E-state index contributed by atoms with van der Waals surface area (Å²) in [6, 6.07) is 4.92. The summed E-state index contributed by atoms with van der Waals surface area (Å²) in [6.45, 7) is 9.70. The van der Waals surface area contributed by atoms with Crippen LogP contribution in [0.4, 0.5) is 0 Å². The van der Waals surface area contributed by atoms with Crippen LogP contribution >= 0.6 is 0 Å². The van der Waals surface area contributed by atoms with E-state index in [0.29, 0.717) is 6.04 Å². The zero-order valence-electron chi connectivity index (χ0n) is 11.8. The third kappa shape index (κ3) is 4.39. The molecule has 0 radical (unpaired) electrons. The first-order valence-corrected chi connectivity index (χ1v) is 6.42. The molecule has 1 aromatic rings. The van der Waals surface area contributed by atoms with Crippen molar-refractivity contribution in [2.45, 2.75) is 46.6 Å². The fraction of sp³-hybridized carbons (Fsp3) is 0.600. The van der Waals surface area contributed by atoms with Gasteiger partial charge < -0.3 is 10.1 Å². The molecule has 0 amide bonds. The lowest BCUT2D eigenvalue weighted by Crippen LogP contribution is -2.24. The molecule has 0 aromatic heterocycles. The molecule has 0 bridgehead atoms. The number of hydrogen-bond acceptors (Lipinski definition) is 2. The zero-order chi connectivity index (χ0) is 12.8. The van der Waals surface area contributed by atoms with Crippen molar-refractivity contribution in [2.75, 3.05) is 13.7 Å². The Morgan fingerprint density at radius 3 is 2.53 bits per heavy atom. The molecule has 1 aromatic carbocycles. The van der Waals surface area contributed by atoms with Crippen molar-refractivity contribution >= 4 is 0 Å². The van der Waals surface area contributed by atoms with Crippen molar-refractivity contribution in [1.82, 2.24) is 5.32 Å². The third-order valence-corrected chi connectivity index (χ3v) is 2.95. The molecule has 0 fully saturated rings. The molecule has 0 unspecified atom stereocenters. The summed E-state index contributed by atoms with van der Waals surface area (Å²) in [5.41, 5.74) is 3.96. The maximum atomic E-state index is 5.46. The first-order valence-electron chi connectivity index (χ1n) is 6.42. The molecule has 1 rings (SSSR count). The van der Waals surface area contributed by atoms with Crippen LogP contribution in [0, 0.1) is 13.8 Å². The Hall–Kier alpha value is -1.02. The third-order valence-electron chi connectivity index (χ3n) is 2.95. The monoisotopic (exact) mass is 235 g/mol. The van der Waals surface area contributed by atoms with Gasteiger partial charge in [-0.05, 0) is 56.0 Å². The van der Waals surface area contributed by atoms with Crippen LogP contribution in [0.25, 0.3) is 0 Å². The number of benzene rings is 1. The van der Waals surface area contributed by atoms with E-state index in [1.165, 1.54) is 16.7 Å². The summed E-state index contributed by atoms with van der Waals surface area (Å²) in [6.07, 6.45) is 2.23. The lowest BCUT2D eigenvalue weighted by molar-refractivity contribution is 0.408. The highest BCUT2D eigenvalue weighted by Crippen LogP contribution is 2.25. The number of aryl methyl sites for hydroxylation is 2. The lowest BCUT2D eigenvalue weighted by Gasteiger charge is -2.14. The minimum absolute atomic E-state index is 0.566. The van der Waals surface area contributed by atoms with Crippen LogP contribution in [0.15, 0.2) is 12.1 Å². The van der Waals surface area contributed by atoms with Crippen LogP contribution in [0.2, 0.25) is 0 Å². The Labute approximate surface area is 105 Å². The summed E-state index contributed by atoms with van der Waals surface area (Å²) in [4.78, 5) is 0. The second kappa shape index (κ2) is 6.65. The molecule has 17 heavy (non-hydrogen) atoms. The molecule has 0 spiro atoms. The fourth-order valence-electron chi connectivity index (χ4n) is 2.12. The topological polar surface area (TPSA) is 21.3 Å². The lowest BCUT2D eigenvalue weighted by atomic mass is 10.00. The van der Waals surface area contributed by atoms with Gasteiger partial charge in [-0.25, -0.2) is 0 Å². The standard InChI is InChI=1S/C15H25NO/c1-11(2)16-8-6-7-14-13(4)9-12(3)10-15(14)17-5/h9-11,16H,6-8H2,1-5H3. The number of ether oxygens (including phenoxy) is 1. The van der Waals surface area contributed by atoms with Gasteiger partial charge in [0.1, 0.15) is 5.75 Å². The first kappa shape index (κ1) is 14.0. The second-order valence-electron chi connectivity index (χ2n) is 4.98. The van der Waals surface area contributed by atoms with Gasteiger partial charge in [-0.2, -0.15) is 0 Å². The van der Waals surface area contributed by atoms with Gasteiger partial charge in [0.05, 0.1) is 7.11 Å². The minimum atomic E-state index is 0.566. The van der Waals surface area contributed by atoms with Crippen LogP contribution < -0.4 is 10.1 Å². The van der Waals surface area contributed by atoms with Gasteiger partial charge in [0.15, 0.2) is 0 Å². The van der Waals surface area contributed by atoms with E-state index < -0.39 is 0 Å². The molecule has 2 nitrogen and oxygen atoms in total. The van der Waals surface area contributed by atoms with Crippen LogP contribution in [-0.4, -0.2) is 19.7 Å². The van der Waals surface area contributed by atoms with Crippen molar-refractivity contribution in [2.24, 2.45) is 0 Å². The first-order chi connectivity index (χ1) is 8.04. The Morgan fingerprint density at radius 2 is 1.94 bits per heavy atom. The number of rotatable bonds is 6. The summed E-state index contributed by atoms with van der Waals surface area (Å²) in [5.74, 6) is 1.03. The van der Waals surface area contributed by atoms with E-state index in [2.05, 4.69) is 45.1 Å². The SMILES string of the molecule is COc1cc(C)cc(C)c1CCCNC(C)C. The maximum Gasteiger partial charge on any atom is 0.122 e. The van der Waals surface area contributed by atoms with E-state index in [9.17, 15) is 0 Å². The summed E-state index contributed by atoms with van der Waals surface area (Å²) < 4.78 is 5.46. The van der Waals surface area contributed by atoms with E-state index in [1.807, 2.05) is 0 Å². The van der Waals surface area contributed by atoms with Crippen molar-refractivity contribution in [3.05, 3.63) is 28.8 Å². The van der Waals surface area contributed by atoms with Crippen LogP contribution in [0.1, 0.15) is 37.0 Å². The van der Waals surface area contributed by atoms with Gasteiger partial charge in [-0.1, -0.05) is 19.9 Å². The molecule has 2 heteroatoms. The Morgan fingerprint density at radius 1 is 1.24 bits per heavy atom. The summed E-state index contributed by atoms with van der Waals surface area (Å²) in [7, 11) is 1.75. The molecule has 0 saturated carbocycles. The number of methoxy groups -OCH3 is 1. The smallest absolute Gasteiger partial charge is 0.122 e. The van der Waals surface area contributed by atoms with E-state index in [1.54, 1.807) is 7.11 Å². The molecule has 0 aliphatic rings. The van der Waals surface area contributed by atoms with Crippen LogP contribution in [0.5, 0.6) is 5.75 Å².